The Morgan fingerprint density at radius 1 is 0.880 bits per heavy atom. The maximum Gasteiger partial charge on any atom is 0.185 e. The summed E-state index contributed by atoms with van der Waals surface area (Å²) >= 11 is 5.83. The first-order chi connectivity index (χ1) is 12.2. The minimum atomic E-state index is -0.0261. The molecule has 0 spiro atoms. The van der Waals surface area contributed by atoms with Gasteiger partial charge in [0.15, 0.2) is 5.78 Å². The first-order valence-electron chi connectivity index (χ1n) is 8.72. The van der Waals surface area contributed by atoms with Crippen LogP contribution in [-0.2, 0) is 0 Å². The number of carbonyl (C=O) groups excluding carboxylic acids is 1. The topological polar surface area (TPSA) is 20.3 Å². The first-order valence-corrected chi connectivity index (χ1v) is 9.10. The van der Waals surface area contributed by atoms with Gasteiger partial charge in [0, 0.05) is 29.4 Å². The van der Waals surface area contributed by atoms with Crippen molar-refractivity contribution in [3.05, 3.63) is 82.9 Å². The van der Waals surface area contributed by atoms with E-state index in [1.54, 1.807) is 36.4 Å². The highest BCUT2D eigenvalue weighted by Crippen LogP contribution is 2.20. The third kappa shape index (κ3) is 5.07. The second-order valence-electron chi connectivity index (χ2n) is 6.23. The molecule has 0 N–H and O–H groups in total. The van der Waals surface area contributed by atoms with E-state index in [1.165, 1.54) is 24.9 Å². The van der Waals surface area contributed by atoms with Gasteiger partial charge in [-0.05, 0) is 67.3 Å². The molecule has 0 amide bonds. The van der Waals surface area contributed by atoms with E-state index in [4.69, 9.17) is 11.6 Å². The molecule has 0 unspecified atom stereocenters. The van der Waals surface area contributed by atoms with Crippen molar-refractivity contribution in [3.63, 3.8) is 0 Å². The van der Waals surface area contributed by atoms with Crippen molar-refractivity contribution in [2.45, 2.75) is 19.3 Å². The molecule has 1 aliphatic heterocycles. The Morgan fingerprint density at radius 2 is 1.56 bits per heavy atom. The molecule has 0 radical (unpaired) electrons. The van der Waals surface area contributed by atoms with Gasteiger partial charge in [-0.25, -0.2) is 0 Å². The van der Waals surface area contributed by atoms with Crippen LogP contribution in [0, 0.1) is 0 Å². The van der Waals surface area contributed by atoms with E-state index in [2.05, 4.69) is 29.2 Å². The highest BCUT2D eigenvalue weighted by Gasteiger charge is 2.09. The lowest BCUT2D eigenvalue weighted by atomic mass is 10.1. The molecule has 0 atom stereocenters. The summed E-state index contributed by atoms with van der Waals surface area (Å²) in [4.78, 5) is 14.5. The summed E-state index contributed by atoms with van der Waals surface area (Å²) in [5.41, 5.74) is 3.06. The Balaban J connectivity index is 1.56. The molecule has 3 rings (SSSR count). The van der Waals surface area contributed by atoms with Crippen LogP contribution in [0.4, 0.5) is 5.69 Å². The zero-order valence-electron chi connectivity index (χ0n) is 14.2. The maximum atomic E-state index is 12.0. The number of benzene rings is 2. The molecule has 0 bridgehead atoms. The number of anilines is 1. The lowest BCUT2D eigenvalue weighted by Gasteiger charge is -2.28. The van der Waals surface area contributed by atoms with Gasteiger partial charge in [0.25, 0.3) is 0 Å². The van der Waals surface area contributed by atoms with Crippen molar-refractivity contribution < 1.29 is 4.79 Å². The largest absolute Gasteiger partial charge is 0.372 e. The van der Waals surface area contributed by atoms with Crippen molar-refractivity contribution in [1.29, 1.82) is 0 Å². The highest BCUT2D eigenvalue weighted by atomic mass is 35.5. The van der Waals surface area contributed by atoms with Gasteiger partial charge in [-0.15, -0.1) is 0 Å². The Bertz CT molecular complexity index is 754. The number of rotatable bonds is 5. The van der Waals surface area contributed by atoms with Gasteiger partial charge in [-0.3, -0.25) is 4.79 Å². The van der Waals surface area contributed by atoms with Crippen molar-refractivity contribution in [2.75, 3.05) is 18.0 Å². The van der Waals surface area contributed by atoms with Crippen LogP contribution in [0.3, 0.4) is 0 Å². The van der Waals surface area contributed by atoms with Crippen molar-refractivity contribution in [3.8, 4) is 0 Å². The first kappa shape index (κ1) is 17.5. The molecule has 2 aromatic carbocycles. The number of ketones is 1. The third-order valence-electron chi connectivity index (χ3n) is 4.39. The number of carbonyl (C=O) groups is 1. The summed E-state index contributed by atoms with van der Waals surface area (Å²) in [6.07, 6.45) is 11.2. The van der Waals surface area contributed by atoms with E-state index in [-0.39, 0.29) is 5.78 Å². The zero-order valence-corrected chi connectivity index (χ0v) is 15.0. The molecule has 1 fully saturated rings. The second-order valence-corrected chi connectivity index (χ2v) is 6.67. The predicted octanol–water partition coefficient (Wildman–Crippen LogP) is 5.78. The smallest absolute Gasteiger partial charge is 0.185 e. The van der Waals surface area contributed by atoms with Gasteiger partial charge >= 0.3 is 0 Å². The molecule has 1 heterocycles. The number of hydrogen-bond acceptors (Lipinski definition) is 2. The fourth-order valence-electron chi connectivity index (χ4n) is 2.97. The fourth-order valence-corrected chi connectivity index (χ4v) is 3.09. The van der Waals surface area contributed by atoms with Gasteiger partial charge in [0.2, 0.25) is 0 Å². The number of hydrogen-bond donors (Lipinski definition) is 0. The minimum Gasteiger partial charge on any atom is -0.372 e. The van der Waals surface area contributed by atoms with Gasteiger partial charge in [-0.2, -0.15) is 0 Å². The lowest BCUT2D eigenvalue weighted by molar-refractivity contribution is 0.104. The molecule has 0 saturated carbocycles. The molecule has 25 heavy (non-hydrogen) atoms. The SMILES string of the molecule is O=C(/C=C/C=C/c1ccc(N2CCCCC2)cc1)c1ccc(Cl)cc1. The standard InChI is InChI=1S/C22H22ClNO/c23-20-12-10-19(11-13-20)22(25)7-3-2-6-18-8-14-21(15-9-18)24-16-4-1-5-17-24/h2-3,6-15H,1,4-5,16-17H2/b6-2+,7-3+. The average Bonchev–Trinajstić information content (AvgIpc) is 2.67. The Labute approximate surface area is 154 Å². The van der Waals surface area contributed by atoms with Crippen LogP contribution < -0.4 is 4.90 Å². The molecule has 128 valence electrons. The normalized spacial score (nSPS) is 15.2. The Kier molecular flexibility index (Phi) is 6.08. The Morgan fingerprint density at radius 3 is 2.24 bits per heavy atom. The molecular formula is C22H22ClNO. The van der Waals surface area contributed by atoms with Crippen LogP contribution in [-0.4, -0.2) is 18.9 Å². The summed E-state index contributed by atoms with van der Waals surface area (Å²) in [6.45, 7) is 2.31. The van der Waals surface area contributed by atoms with Crippen molar-refractivity contribution in [1.82, 2.24) is 0 Å². The third-order valence-corrected chi connectivity index (χ3v) is 4.64. The molecular weight excluding hydrogens is 330 g/mol. The van der Waals surface area contributed by atoms with Crippen LogP contribution in [0.5, 0.6) is 0 Å². The van der Waals surface area contributed by atoms with E-state index in [9.17, 15) is 4.79 Å². The average molecular weight is 352 g/mol. The van der Waals surface area contributed by atoms with E-state index in [0.29, 0.717) is 10.6 Å². The van der Waals surface area contributed by atoms with E-state index >= 15 is 0 Å². The highest BCUT2D eigenvalue weighted by molar-refractivity contribution is 6.30. The monoisotopic (exact) mass is 351 g/mol. The van der Waals surface area contributed by atoms with Crippen molar-refractivity contribution >= 4 is 29.1 Å². The summed E-state index contributed by atoms with van der Waals surface area (Å²) < 4.78 is 0. The number of nitrogens with zero attached hydrogens (tertiary/aromatic N) is 1. The van der Waals surface area contributed by atoms with E-state index < -0.39 is 0 Å². The minimum absolute atomic E-state index is 0.0261. The molecule has 0 aromatic heterocycles. The maximum absolute atomic E-state index is 12.0. The molecule has 1 saturated heterocycles. The lowest BCUT2D eigenvalue weighted by Crippen LogP contribution is -2.29. The number of piperidine rings is 1. The fraction of sp³-hybridized carbons (Fsp3) is 0.227. The van der Waals surface area contributed by atoms with Crippen LogP contribution >= 0.6 is 11.6 Å². The molecule has 0 aliphatic carbocycles. The predicted molar refractivity (Wildman–Crippen MR) is 106 cm³/mol. The van der Waals surface area contributed by atoms with E-state index in [0.717, 1.165) is 18.7 Å². The van der Waals surface area contributed by atoms with Crippen molar-refractivity contribution in [2.24, 2.45) is 0 Å². The van der Waals surface area contributed by atoms with Gasteiger partial charge in [0.1, 0.15) is 0 Å². The summed E-state index contributed by atoms with van der Waals surface area (Å²) in [6, 6.07) is 15.5. The molecule has 1 aliphatic rings. The molecule has 2 aromatic rings. The van der Waals surface area contributed by atoms with Crippen LogP contribution in [0.25, 0.3) is 6.08 Å². The summed E-state index contributed by atoms with van der Waals surface area (Å²) in [7, 11) is 0. The number of allylic oxidation sites excluding steroid dienone is 3. The Hall–Kier alpha value is -2.32. The second kappa shape index (κ2) is 8.68. The van der Waals surface area contributed by atoms with Crippen LogP contribution in [0.1, 0.15) is 35.2 Å². The summed E-state index contributed by atoms with van der Waals surface area (Å²) in [5.74, 6) is -0.0261. The quantitative estimate of drug-likeness (QED) is 0.386. The molecule has 2 nitrogen and oxygen atoms in total. The van der Waals surface area contributed by atoms with Gasteiger partial charge < -0.3 is 4.90 Å². The molecule has 3 heteroatoms. The number of halogens is 1. The zero-order chi connectivity index (χ0) is 17.5. The van der Waals surface area contributed by atoms with Crippen LogP contribution in [0.2, 0.25) is 5.02 Å². The van der Waals surface area contributed by atoms with Crippen LogP contribution in [0.15, 0.2) is 66.8 Å². The summed E-state index contributed by atoms with van der Waals surface area (Å²) in [5, 5.41) is 0.633. The van der Waals surface area contributed by atoms with Gasteiger partial charge in [-0.1, -0.05) is 42.0 Å². The van der Waals surface area contributed by atoms with E-state index in [1.807, 2.05) is 12.2 Å². The van der Waals surface area contributed by atoms with Gasteiger partial charge in [0.05, 0.1) is 0 Å².